The van der Waals surface area contributed by atoms with Gasteiger partial charge in [-0.3, -0.25) is 9.89 Å². The second kappa shape index (κ2) is 7.76. The van der Waals surface area contributed by atoms with Gasteiger partial charge < -0.3 is 9.52 Å². The fraction of sp³-hybridized carbons (Fsp3) is 0.273. The lowest BCUT2D eigenvalue weighted by molar-refractivity contribution is 0.206. The van der Waals surface area contributed by atoms with E-state index in [1.54, 1.807) is 24.3 Å². The van der Waals surface area contributed by atoms with E-state index in [9.17, 15) is 9.90 Å². The Bertz CT molecular complexity index is 1000. The van der Waals surface area contributed by atoms with Gasteiger partial charge in [0.15, 0.2) is 0 Å². The third-order valence-electron chi connectivity index (χ3n) is 5.04. The van der Waals surface area contributed by atoms with Gasteiger partial charge in [0.2, 0.25) is 0 Å². The third-order valence-corrected chi connectivity index (χ3v) is 5.04. The molecule has 3 aromatic rings. The average Bonchev–Trinajstić information content (AvgIpc) is 2.70. The van der Waals surface area contributed by atoms with Gasteiger partial charge in [-0.2, -0.15) is 0 Å². The Labute approximate surface area is 157 Å². The maximum absolute atomic E-state index is 12.2. The summed E-state index contributed by atoms with van der Waals surface area (Å²) in [7, 11) is 0. The highest BCUT2D eigenvalue weighted by molar-refractivity contribution is 5.93. The van der Waals surface area contributed by atoms with E-state index in [-0.39, 0.29) is 17.4 Å². The second-order valence-electron chi connectivity index (χ2n) is 6.92. The summed E-state index contributed by atoms with van der Waals surface area (Å²) in [4.78, 5) is 19.1. The van der Waals surface area contributed by atoms with Crippen LogP contribution in [0.2, 0.25) is 0 Å². The molecule has 4 rings (SSSR count). The van der Waals surface area contributed by atoms with Crippen molar-refractivity contribution in [1.29, 1.82) is 0 Å². The van der Waals surface area contributed by atoms with Gasteiger partial charge in [-0.15, -0.1) is 0 Å². The van der Waals surface area contributed by atoms with Crippen LogP contribution in [0.15, 0.2) is 68.8 Å². The Hall–Kier alpha value is -2.92. The number of nitrogens with zero attached hydrogens (tertiary/aromatic N) is 2. The Morgan fingerprint density at radius 2 is 1.78 bits per heavy atom. The SMILES string of the molecule is O=c1oc2ccccc2c(O)c1C=NC1CCN(Cc2ccccc2)CC1. The zero-order chi connectivity index (χ0) is 18.6. The van der Waals surface area contributed by atoms with Crippen molar-refractivity contribution in [1.82, 2.24) is 4.90 Å². The molecule has 0 bridgehead atoms. The molecule has 138 valence electrons. The number of aromatic hydroxyl groups is 1. The molecule has 5 nitrogen and oxygen atoms in total. The molecule has 2 aromatic carbocycles. The van der Waals surface area contributed by atoms with Gasteiger partial charge >= 0.3 is 5.63 Å². The van der Waals surface area contributed by atoms with Crippen LogP contribution in [0.4, 0.5) is 0 Å². The Kier molecular flexibility index (Phi) is 5.03. The molecular weight excluding hydrogens is 340 g/mol. The minimum absolute atomic E-state index is 0.0629. The van der Waals surface area contributed by atoms with E-state index in [4.69, 9.17) is 4.42 Å². The first-order chi connectivity index (χ1) is 13.2. The van der Waals surface area contributed by atoms with Crippen LogP contribution >= 0.6 is 0 Å². The second-order valence-corrected chi connectivity index (χ2v) is 6.92. The minimum atomic E-state index is -0.559. The van der Waals surface area contributed by atoms with Gasteiger partial charge in [0.05, 0.1) is 11.4 Å². The molecule has 0 aliphatic carbocycles. The van der Waals surface area contributed by atoms with E-state index in [0.29, 0.717) is 11.0 Å². The molecule has 2 heterocycles. The number of rotatable bonds is 4. The highest BCUT2D eigenvalue weighted by atomic mass is 16.4. The van der Waals surface area contributed by atoms with Crippen LogP contribution in [0.1, 0.15) is 24.0 Å². The van der Waals surface area contributed by atoms with Crippen LogP contribution < -0.4 is 5.63 Å². The molecule has 0 atom stereocenters. The molecular formula is C22H22N2O3. The Morgan fingerprint density at radius 1 is 1.07 bits per heavy atom. The van der Waals surface area contributed by atoms with Crippen LogP contribution in [-0.4, -0.2) is 35.4 Å². The van der Waals surface area contributed by atoms with Crippen LogP contribution in [0.25, 0.3) is 11.0 Å². The van der Waals surface area contributed by atoms with Gasteiger partial charge in [-0.05, 0) is 30.5 Å². The fourth-order valence-corrected chi connectivity index (χ4v) is 3.51. The highest BCUT2D eigenvalue weighted by Gasteiger charge is 2.19. The first kappa shape index (κ1) is 17.5. The molecule has 1 saturated heterocycles. The summed E-state index contributed by atoms with van der Waals surface area (Å²) in [6, 6.07) is 17.6. The lowest BCUT2D eigenvalue weighted by Crippen LogP contribution is -2.34. The number of aliphatic imine (C=N–C) groups is 1. The zero-order valence-corrected chi connectivity index (χ0v) is 15.0. The number of para-hydroxylation sites is 1. The molecule has 0 saturated carbocycles. The van der Waals surface area contributed by atoms with Gasteiger partial charge in [0, 0.05) is 25.8 Å². The number of hydrogen-bond acceptors (Lipinski definition) is 5. The molecule has 1 aliphatic rings. The summed E-state index contributed by atoms with van der Waals surface area (Å²) in [5.41, 5.74) is 1.27. The van der Waals surface area contributed by atoms with Crippen LogP contribution in [0, 0.1) is 0 Å². The number of benzene rings is 2. The average molecular weight is 362 g/mol. The van der Waals surface area contributed by atoms with Gasteiger partial charge in [0.25, 0.3) is 0 Å². The summed E-state index contributed by atoms with van der Waals surface area (Å²) < 4.78 is 5.28. The van der Waals surface area contributed by atoms with Crippen LogP contribution in [0.5, 0.6) is 5.75 Å². The summed E-state index contributed by atoms with van der Waals surface area (Å²) in [5.74, 6) is -0.0629. The van der Waals surface area contributed by atoms with Crippen LogP contribution in [0.3, 0.4) is 0 Å². The topological polar surface area (TPSA) is 66.0 Å². The maximum Gasteiger partial charge on any atom is 0.348 e. The first-order valence-electron chi connectivity index (χ1n) is 9.25. The van der Waals surface area contributed by atoms with E-state index in [0.717, 1.165) is 32.5 Å². The van der Waals surface area contributed by atoms with Gasteiger partial charge in [-0.25, -0.2) is 4.79 Å². The van der Waals surface area contributed by atoms with Crippen molar-refractivity contribution in [3.63, 3.8) is 0 Å². The van der Waals surface area contributed by atoms with Gasteiger partial charge in [-0.1, -0.05) is 42.5 Å². The maximum atomic E-state index is 12.2. The zero-order valence-electron chi connectivity index (χ0n) is 15.0. The monoisotopic (exact) mass is 362 g/mol. The quantitative estimate of drug-likeness (QED) is 0.569. The van der Waals surface area contributed by atoms with Crippen molar-refractivity contribution in [2.75, 3.05) is 13.1 Å². The molecule has 0 unspecified atom stereocenters. The van der Waals surface area contributed by atoms with Crippen molar-refractivity contribution in [2.45, 2.75) is 25.4 Å². The molecule has 1 aromatic heterocycles. The van der Waals surface area contributed by atoms with E-state index < -0.39 is 5.63 Å². The van der Waals surface area contributed by atoms with Crippen molar-refractivity contribution in [3.8, 4) is 5.75 Å². The van der Waals surface area contributed by atoms with E-state index in [2.05, 4.69) is 34.2 Å². The molecule has 5 heteroatoms. The first-order valence-corrected chi connectivity index (χ1v) is 9.25. The largest absolute Gasteiger partial charge is 0.506 e. The highest BCUT2D eigenvalue weighted by Crippen LogP contribution is 2.25. The van der Waals surface area contributed by atoms with Crippen molar-refractivity contribution in [3.05, 3.63) is 76.1 Å². The molecule has 1 aliphatic heterocycles. The summed E-state index contributed by atoms with van der Waals surface area (Å²) in [5, 5.41) is 10.9. The summed E-state index contributed by atoms with van der Waals surface area (Å²) in [6.07, 6.45) is 3.34. The third kappa shape index (κ3) is 3.93. The summed E-state index contributed by atoms with van der Waals surface area (Å²) in [6.45, 7) is 2.89. The predicted molar refractivity (Wildman–Crippen MR) is 106 cm³/mol. The number of hydrogen-bond donors (Lipinski definition) is 1. The van der Waals surface area contributed by atoms with E-state index in [1.807, 2.05) is 6.07 Å². The number of fused-ring (bicyclic) bond motifs is 1. The lowest BCUT2D eigenvalue weighted by Gasteiger charge is -2.30. The molecule has 0 radical (unpaired) electrons. The van der Waals surface area contributed by atoms with E-state index in [1.165, 1.54) is 11.8 Å². The van der Waals surface area contributed by atoms with Crippen molar-refractivity contribution >= 4 is 17.2 Å². The molecule has 1 N–H and O–H groups in total. The summed E-state index contributed by atoms with van der Waals surface area (Å²) >= 11 is 0. The van der Waals surface area contributed by atoms with Crippen LogP contribution in [-0.2, 0) is 6.54 Å². The number of likely N-dealkylation sites (tertiary alicyclic amines) is 1. The minimum Gasteiger partial charge on any atom is -0.506 e. The predicted octanol–water partition coefficient (Wildman–Crippen LogP) is 3.58. The Balaban J connectivity index is 1.43. The lowest BCUT2D eigenvalue weighted by atomic mass is 10.0. The number of piperidine rings is 1. The molecule has 0 spiro atoms. The van der Waals surface area contributed by atoms with Crippen molar-refractivity contribution < 1.29 is 9.52 Å². The van der Waals surface area contributed by atoms with Gasteiger partial charge in [0.1, 0.15) is 16.9 Å². The fourth-order valence-electron chi connectivity index (χ4n) is 3.51. The smallest absolute Gasteiger partial charge is 0.348 e. The standard InChI is InChI=1S/C22H22N2O3/c25-21-18-8-4-5-9-20(18)27-22(26)19(21)14-23-17-10-12-24(13-11-17)15-16-6-2-1-3-7-16/h1-9,14,17,25H,10-13,15H2. The molecule has 1 fully saturated rings. The molecule has 0 amide bonds. The van der Waals surface area contributed by atoms with E-state index >= 15 is 0 Å². The molecule has 27 heavy (non-hydrogen) atoms. The normalized spacial score (nSPS) is 16.3. The van der Waals surface area contributed by atoms with Crippen molar-refractivity contribution in [2.24, 2.45) is 4.99 Å². The Morgan fingerprint density at radius 3 is 2.56 bits per heavy atom.